The molecule has 0 unspecified atom stereocenters. The Morgan fingerprint density at radius 2 is 1.25 bits per heavy atom. The van der Waals surface area contributed by atoms with E-state index in [-0.39, 0.29) is 96.2 Å². The van der Waals surface area contributed by atoms with Gasteiger partial charge in [0.05, 0.1) is 0 Å². The fourth-order valence-electron chi connectivity index (χ4n) is 0. The van der Waals surface area contributed by atoms with Gasteiger partial charge in [0.2, 0.25) is 0 Å². The largest absolute Gasteiger partial charge is 2.00 e. The molecule has 0 saturated carbocycles. The maximum absolute atomic E-state index is 0. The predicted molar refractivity (Wildman–Crippen MR) is 7.98 cm³/mol. The molecule has 0 aliphatic carbocycles. The molecule has 4 heteroatoms. The van der Waals surface area contributed by atoms with Crippen LogP contribution in [0.1, 0.15) is 2.85 Å². The number of hydrogen-bond donors (Lipinski definition) is 0. The molecule has 0 spiro atoms. The van der Waals surface area contributed by atoms with Crippen molar-refractivity contribution in [1.82, 2.24) is 0 Å². The molecule has 0 nitrogen and oxygen atoms in total. The monoisotopic (exact) mass is 257 g/mol. The summed E-state index contributed by atoms with van der Waals surface area (Å²) in [5, 5.41) is 0. The second-order valence-electron chi connectivity index (χ2n) is 0. The smallest absolute Gasteiger partial charge is 1.00 e. The molecule has 0 aromatic rings. The van der Waals surface area contributed by atoms with Gasteiger partial charge in [-0.15, -0.1) is 0 Å². The Bertz CT molecular complexity index is 13.5. The van der Waals surface area contributed by atoms with Gasteiger partial charge in [-0.1, -0.05) is 0 Å². The van der Waals surface area contributed by atoms with Gasteiger partial charge in [-0.05, 0) is 0 Å². The van der Waals surface area contributed by atoms with Crippen molar-refractivity contribution in [2.45, 2.75) is 0 Å². The zero-order valence-electron chi connectivity index (χ0n) is 4.15. The summed E-state index contributed by atoms with van der Waals surface area (Å²) in [6, 6.07) is 0. The first-order valence-electron chi connectivity index (χ1n) is 0. The first-order valence-corrected chi connectivity index (χ1v) is 0. The van der Waals surface area contributed by atoms with Gasteiger partial charge in [0.25, 0.3) is 0 Å². The van der Waals surface area contributed by atoms with Gasteiger partial charge in [-0.25, -0.2) is 0 Å². The summed E-state index contributed by atoms with van der Waals surface area (Å²) in [7, 11) is 0. The molecule has 4 heavy (non-hydrogen) atoms. The van der Waals surface area contributed by atoms with E-state index in [9.17, 15) is 0 Å². The Balaban J connectivity index is 0. The van der Waals surface area contributed by atoms with E-state index in [0.29, 0.717) is 0 Å². The minimum atomic E-state index is 0. The van der Waals surface area contributed by atoms with E-state index in [0.717, 1.165) is 0 Å². The second-order valence-corrected chi connectivity index (χ2v) is 0. The van der Waals surface area contributed by atoms with Gasteiger partial charge in [-0.3, -0.25) is 0 Å². The molecule has 0 aromatic carbocycles. The molecular weight excluding hydrogens is 256 g/mol. The average Bonchev–Trinajstić information content (AvgIpc) is 0. The topological polar surface area (TPSA) is 0 Å². The molecule has 17 valence electrons. The summed E-state index contributed by atoms with van der Waals surface area (Å²) in [6.45, 7) is 0. The van der Waals surface area contributed by atoms with Gasteiger partial charge >= 0.3 is 23.1 Å². The van der Waals surface area contributed by atoms with Crippen molar-refractivity contribution in [2.75, 3.05) is 0 Å². The van der Waals surface area contributed by atoms with E-state index < -0.39 is 0 Å². The maximum atomic E-state index is 0. The zero-order chi connectivity index (χ0) is 0. The molecule has 1 radical (unpaired) electrons. The fraction of sp³-hybridized carbons (Fsp3) is 0. The minimum absolute atomic E-state index is 0. The molecule has 0 rings (SSSR count). The summed E-state index contributed by atoms with van der Waals surface area (Å²) in [5.74, 6) is 0. The van der Waals surface area contributed by atoms with Crippen molar-refractivity contribution in [3.05, 3.63) is 0 Å². The molecule has 0 N–H and O–H groups in total. The average molecular weight is 258 g/mol. The standard InChI is InChI=1S/Mg.Nb.Ti.Zr.2H/q+2;;;;2*-1. The molecule has 0 bridgehead atoms. The predicted octanol–water partition coefficient (Wildman–Crippen LogP) is -0.163. The van der Waals surface area contributed by atoms with Crippen LogP contribution in [0, 0.1) is 0 Å². The van der Waals surface area contributed by atoms with Gasteiger partial charge in [-0.2, -0.15) is 0 Å². The van der Waals surface area contributed by atoms with Gasteiger partial charge in [0.1, 0.15) is 0 Å². The van der Waals surface area contributed by atoms with Crippen molar-refractivity contribution in [3.63, 3.8) is 0 Å². The van der Waals surface area contributed by atoms with Crippen LogP contribution in [0.25, 0.3) is 0 Å². The summed E-state index contributed by atoms with van der Waals surface area (Å²) in [6.07, 6.45) is 0. The van der Waals surface area contributed by atoms with E-state index in [1.165, 1.54) is 0 Å². The minimum Gasteiger partial charge on any atom is -1.00 e. The van der Waals surface area contributed by atoms with Crippen LogP contribution in [-0.2, 0) is 70.3 Å². The van der Waals surface area contributed by atoms with Crippen LogP contribution in [0.4, 0.5) is 0 Å². The summed E-state index contributed by atoms with van der Waals surface area (Å²) >= 11 is 0. The van der Waals surface area contributed by atoms with Crippen LogP contribution in [0.3, 0.4) is 0 Å². The van der Waals surface area contributed by atoms with Crippen LogP contribution in [0.2, 0.25) is 0 Å². The Kier molecular flexibility index (Phi) is 113. The quantitative estimate of drug-likeness (QED) is 0.530. The molecule has 0 fully saturated rings. The Labute approximate surface area is 94.5 Å². The third-order valence-corrected chi connectivity index (χ3v) is 0. The number of rotatable bonds is 0. The third-order valence-electron chi connectivity index (χ3n) is 0. The summed E-state index contributed by atoms with van der Waals surface area (Å²) < 4.78 is 0. The van der Waals surface area contributed by atoms with Crippen molar-refractivity contribution < 1.29 is 73.2 Å². The summed E-state index contributed by atoms with van der Waals surface area (Å²) in [5.41, 5.74) is 0. The zero-order valence-corrected chi connectivity index (χ0v) is 9.79. The summed E-state index contributed by atoms with van der Waals surface area (Å²) in [4.78, 5) is 0. The Morgan fingerprint density at radius 3 is 1.25 bits per heavy atom. The maximum Gasteiger partial charge on any atom is 2.00 e. The van der Waals surface area contributed by atoms with Crippen LogP contribution >= 0.6 is 0 Å². The number of hydrogen-bond acceptors (Lipinski definition) is 0. The molecule has 0 aromatic heterocycles. The van der Waals surface area contributed by atoms with Crippen LogP contribution in [0.5, 0.6) is 0 Å². The van der Waals surface area contributed by atoms with Crippen molar-refractivity contribution in [1.29, 1.82) is 0 Å². The van der Waals surface area contributed by atoms with Crippen molar-refractivity contribution >= 4 is 23.1 Å². The van der Waals surface area contributed by atoms with Gasteiger partial charge in [0, 0.05) is 70.3 Å². The SMILES string of the molecule is [H-].[H-].[Mg+2].[Nb].[Ti].[Zr]. The van der Waals surface area contributed by atoms with Crippen LogP contribution in [-0.4, -0.2) is 23.1 Å². The fourth-order valence-corrected chi connectivity index (χ4v) is 0. The van der Waals surface area contributed by atoms with E-state index in [4.69, 9.17) is 0 Å². The molecule has 0 atom stereocenters. The molecule has 0 amide bonds. The molecular formula is H2MgNbTiZr. The Morgan fingerprint density at radius 1 is 1.25 bits per heavy atom. The Hall–Kier alpha value is 3.10. The first kappa shape index (κ1) is 27.5. The second kappa shape index (κ2) is 16.5. The van der Waals surface area contributed by atoms with E-state index in [2.05, 4.69) is 0 Å². The first-order chi connectivity index (χ1) is 0. The van der Waals surface area contributed by atoms with Crippen LogP contribution < -0.4 is 0 Å². The molecule has 0 aliphatic rings. The van der Waals surface area contributed by atoms with Gasteiger partial charge in [0.15, 0.2) is 0 Å². The van der Waals surface area contributed by atoms with E-state index in [1.54, 1.807) is 0 Å². The third kappa shape index (κ3) is 8.92. The molecule has 0 saturated heterocycles. The van der Waals surface area contributed by atoms with Crippen LogP contribution in [0.15, 0.2) is 0 Å². The van der Waals surface area contributed by atoms with Gasteiger partial charge < -0.3 is 2.85 Å². The molecule has 0 heterocycles. The molecule has 0 aliphatic heterocycles. The van der Waals surface area contributed by atoms with Crippen molar-refractivity contribution in [2.24, 2.45) is 0 Å². The van der Waals surface area contributed by atoms with E-state index in [1.807, 2.05) is 0 Å². The normalized spacial score (nSPS) is 0. The van der Waals surface area contributed by atoms with Crippen molar-refractivity contribution in [3.8, 4) is 0 Å². The van der Waals surface area contributed by atoms with E-state index >= 15 is 0 Å².